The Morgan fingerprint density at radius 1 is 1.17 bits per heavy atom. The maximum Gasteiger partial charge on any atom is 0.224 e. The third-order valence-corrected chi connectivity index (χ3v) is 4.60. The van der Waals surface area contributed by atoms with Crippen molar-refractivity contribution in [2.24, 2.45) is 0 Å². The van der Waals surface area contributed by atoms with E-state index in [9.17, 15) is 4.79 Å². The number of nitrogens with zero attached hydrogens (tertiary/aromatic N) is 4. The molecule has 1 atom stereocenters. The Morgan fingerprint density at radius 3 is 2.62 bits per heavy atom. The maximum absolute atomic E-state index is 12.7. The molecule has 0 N–H and O–H groups in total. The minimum absolute atomic E-state index is 0.151. The van der Waals surface area contributed by atoms with E-state index in [-0.39, 0.29) is 11.9 Å². The summed E-state index contributed by atoms with van der Waals surface area (Å²) < 4.78 is 0. The zero-order valence-corrected chi connectivity index (χ0v) is 14.5. The van der Waals surface area contributed by atoms with Crippen molar-refractivity contribution in [3.05, 3.63) is 53.2 Å². The van der Waals surface area contributed by atoms with Crippen molar-refractivity contribution in [2.75, 3.05) is 18.0 Å². The Morgan fingerprint density at radius 2 is 1.96 bits per heavy atom. The molecule has 1 aliphatic rings. The van der Waals surface area contributed by atoms with Gasteiger partial charge in [-0.2, -0.15) is 0 Å². The van der Waals surface area contributed by atoms with Crippen LogP contribution in [0.4, 0.5) is 5.82 Å². The Balaban J connectivity index is 1.79. The number of hydrogen-bond acceptors (Lipinski definition) is 4. The lowest BCUT2D eigenvalue weighted by molar-refractivity contribution is -0.133. The normalized spacial score (nSPS) is 18.6. The quantitative estimate of drug-likeness (QED) is 0.855. The van der Waals surface area contributed by atoms with Gasteiger partial charge in [-0.1, -0.05) is 48.9 Å². The first-order valence-corrected chi connectivity index (χ1v) is 8.62. The van der Waals surface area contributed by atoms with E-state index in [2.05, 4.69) is 34.2 Å². The molecule has 5 nitrogen and oxygen atoms in total. The van der Waals surface area contributed by atoms with E-state index in [4.69, 9.17) is 11.6 Å². The van der Waals surface area contributed by atoms with Gasteiger partial charge in [-0.05, 0) is 24.1 Å². The van der Waals surface area contributed by atoms with Crippen LogP contribution in [0.15, 0.2) is 42.5 Å². The number of carbonyl (C=O) groups excluding carboxylic acids is 1. The molecule has 0 aliphatic carbocycles. The number of rotatable bonds is 4. The summed E-state index contributed by atoms with van der Waals surface area (Å²) in [5, 5.41) is 8.45. The van der Waals surface area contributed by atoms with Crippen LogP contribution in [0, 0.1) is 0 Å². The summed E-state index contributed by atoms with van der Waals surface area (Å²) in [4.78, 5) is 16.8. The minimum atomic E-state index is 0.151. The van der Waals surface area contributed by atoms with Crippen LogP contribution in [0.2, 0.25) is 5.15 Å². The Hall–Kier alpha value is -2.14. The van der Waals surface area contributed by atoms with Crippen molar-refractivity contribution in [3.63, 3.8) is 0 Å². The van der Waals surface area contributed by atoms with Gasteiger partial charge < -0.3 is 9.80 Å². The van der Waals surface area contributed by atoms with Gasteiger partial charge in [0.25, 0.3) is 0 Å². The molecule has 2 aromatic rings. The summed E-state index contributed by atoms with van der Waals surface area (Å²) in [5.74, 6) is 0.960. The van der Waals surface area contributed by atoms with Crippen molar-refractivity contribution in [2.45, 2.75) is 32.4 Å². The second-order valence-corrected chi connectivity index (χ2v) is 6.37. The van der Waals surface area contributed by atoms with Gasteiger partial charge in [0.05, 0.1) is 0 Å². The largest absolute Gasteiger partial charge is 0.353 e. The van der Waals surface area contributed by atoms with Crippen LogP contribution in [0.3, 0.4) is 0 Å². The van der Waals surface area contributed by atoms with Gasteiger partial charge in [0, 0.05) is 32.1 Å². The third kappa shape index (κ3) is 3.85. The topological polar surface area (TPSA) is 49.3 Å². The number of anilines is 1. The number of aromatic nitrogens is 2. The number of benzene rings is 1. The number of hydrogen-bond donors (Lipinski definition) is 0. The molecule has 0 radical (unpaired) electrons. The zero-order valence-electron chi connectivity index (χ0n) is 13.7. The summed E-state index contributed by atoms with van der Waals surface area (Å²) in [7, 11) is 0. The highest BCUT2D eigenvalue weighted by Crippen LogP contribution is 2.21. The average Bonchev–Trinajstić information content (AvgIpc) is 2.76. The molecule has 1 aliphatic heterocycles. The van der Waals surface area contributed by atoms with Crippen LogP contribution >= 0.6 is 11.6 Å². The SMILES string of the molecule is CCC1CN(c2ccc(Cl)nn2)CCC(=O)N1Cc1ccccc1. The van der Waals surface area contributed by atoms with E-state index >= 15 is 0 Å². The Bertz CT molecular complexity index is 677. The number of carbonyl (C=O) groups is 1. The van der Waals surface area contributed by atoms with Crippen molar-refractivity contribution < 1.29 is 4.79 Å². The molecule has 1 aromatic heterocycles. The van der Waals surface area contributed by atoms with Gasteiger partial charge >= 0.3 is 0 Å². The van der Waals surface area contributed by atoms with Gasteiger partial charge in [-0.3, -0.25) is 4.79 Å². The molecule has 0 saturated carbocycles. The first-order chi connectivity index (χ1) is 11.7. The van der Waals surface area contributed by atoms with E-state index in [1.54, 1.807) is 6.07 Å². The fourth-order valence-electron chi connectivity index (χ4n) is 3.05. The Labute approximate surface area is 147 Å². The van der Waals surface area contributed by atoms with E-state index in [0.717, 1.165) is 24.3 Å². The van der Waals surface area contributed by atoms with Crippen LogP contribution in [0.25, 0.3) is 0 Å². The third-order valence-electron chi connectivity index (χ3n) is 4.40. The van der Waals surface area contributed by atoms with Crippen LogP contribution in [-0.2, 0) is 11.3 Å². The van der Waals surface area contributed by atoms with Gasteiger partial charge in [-0.15, -0.1) is 10.2 Å². The summed E-state index contributed by atoms with van der Waals surface area (Å²) >= 11 is 5.82. The van der Waals surface area contributed by atoms with Gasteiger partial charge in [0.2, 0.25) is 5.91 Å². The summed E-state index contributed by atoms with van der Waals surface area (Å²) in [6, 6.07) is 13.9. The molecule has 3 rings (SSSR count). The van der Waals surface area contributed by atoms with Crippen molar-refractivity contribution in [3.8, 4) is 0 Å². The molecule has 0 bridgehead atoms. The summed E-state index contributed by atoms with van der Waals surface area (Å²) in [5.41, 5.74) is 1.16. The summed E-state index contributed by atoms with van der Waals surface area (Å²) in [6.07, 6.45) is 1.38. The molecule has 6 heteroatoms. The molecule has 1 unspecified atom stereocenters. The number of halogens is 1. The molecule has 1 fully saturated rings. The maximum atomic E-state index is 12.7. The standard InChI is InChI=1S/C18H21ClN4O/c1-2-15-13-22(17-9-8-16(19)20-21-17)11-10-18(24)23(15)12-14-6-4-3-5-7-14/h3-9,15H,2,10-13H2,1H3. The van der Waals surface area contributed by atoms with Crippen LogP contribution in [-0.4, -0.2) is 40.1 Å². The second-order valence-electron chi connectivity index (χ2n) is 5.98. The second kappa shape index (κ2) is 7.62. The molecule has 2 heterocycles. The van der Waals surface area contributed by atoms with Crippen LogP contribution < -0.4 is 4.90 Å². The smallest absolute Gasteiger partial charge is 0.224 e. The van der Waals surface area contributed by atoms with E-state index in [1.165, 1.54) is 0 Å². The van der Waals surface area contributed by atoms with Gasteiger partial charge in [0.1, 0.15) is 0 Å². The lowest BCUT2D eigenvalue weighted by atomic mass is 10.1. The van der Waals surface area contributed by atoms with Gasteiger partial charge in [-0.25, -0.2) is 0 Å². The van der Waals surface area contributed by atoms with Crippen molar-refractivity contribution in [1.82, 2.24) is 15.1 Å². The highest BCUT2D eigenvalue weighted by molar-refractivity contribution is 6.29. The molecule has 24 heavy (non-hydrogen) atoms. The van der Waals surface area contributed by atoms with E-state index < -0.39 is 0 Å². The monoisotopic (exact) mass is 344 g/mol. The van der Waals surface area contributed by atoms with Crippen LogP contribution in [0.5, 0.6) is 0 Å². The minimum Gasteiger partial charge on any atom is -0.353 e. The highest BCUT2D eigenvalue weighted by Gasteiger charge is 2.29. The molecule has 1 amide bonds. The van der Waals surface area contributed by atoms with Crippen molar-refractivity contribution >= 4 is 23.3 Å². The van der Waals surface area contributed by atoms with E-state index in [0.29, 0.717) is 24.7 Å². The average molecular weight is 345 g/mol. The first-order valence-electron chi connectivity index (χ1n) is 8.25. The fourth-order valence-corrected chi connectivity index (χ4v) is 3.16. The molecule has 1 saturated heterocycles. The zero-order chi connectivity index (χ0) is 16.9. The number of amides is 1. The molecule has 1 aromatic carbocycles. The summed E-state index contributed by atoms with van der Waals surface area (Å²) in [6.45, 7) is 4.17. The van der Waals surface area contributed by atoms with E-state index in [1.807, 2.05) is 29.2 Å². The van der Waals surface area contributed by atoms with Gasteiger partial charge in [0.15, 0.2) is 11.0 Å². The predicted molar refractivity (Wildman–Crippen MR) is 94.9 cm³/mol. The molecule has 126 valence electrons. The highest BCUT2D eigenvalue weighted by atomic mass is 35.5. The molecular formula is C18H21ClN4O. The van der Waals surface area contributed by atoms with Crippen LogP contribution in [0.1, 0.15) is 25.3 Å². The lowest BCUT2D eigenvalue weighted by Gasteiger charge is -2.31. The molecule has 0 spiro atoms. The predicted octanol–water partition coefficient (Wildman–Crippen LogP) is 3.15. The fraction of sp³-hybridized carbons (Fsp3) is 0.389. The lowest BCUT2D eigenvalue weighted by Crippen LogP contribution is -2.42. The Kier molecular flexibility index (Phi) is 5.30. The van der Waals surface area contributed by atoms with Crippen molar-refractivity contribution in [1.29, 1.82) is 0 Å². The first kappa shape index (κ1) is 16.7. The molecular weight excluding hydrogens is 324 g/mol.